The van der Waals surface area contributed by atoms with Gasteiger partial charge in [0.2, 0.25) is 0 Å². The van der Waals surface area contributed by atoms with E-state index in [2.05, 4.69) is 10.1 Å². The van der Waals surface area contributed by atoms with E-state index in [9.17, 15) is 9.90 Å². The van der Waals surface area contributed by atoms with Gasteiger partial charge in [0.1, 0.15) is 6.61 Å². The molecule has 2 aromatic rings. The molecule has 0 amide bonds. The summed E-state index contributed by atoms with van der Waals surface area (Å²) in [6, 6.07) is 5.35. The summed E-state index contributed by atoms with van der Waals surface area (Å²) in [6.07, 6.45) is 0.854. The lowest BCUT2D eigenvalue weighted by atomic mass is 10.3. The number of hydrogen-bond donors (Lipinski definition) is 1. The lowest BCUT2D eigenvalue weighted by Gasteiger charge is -2.10. The van der Waals surface area contributed by atoms with Gasteiger partial charge in [-0.1, -0.05) is 6.92 Å². The molecule has 0 radical (unpaired) electrons. The van der Waals surface area contributed by atoms with Gasteiger partial charge in [-0.2, -0.15) is 5.10 Å². The average Bonchev–Trinajstić information content (AvgIpc) is 2.88. The van der Waals surface area contributed by atoms with Crippen molar-refractivity contribution in [1.29, 1.82) is 0 Å². The van der Waals surface area contributed by atoms with Gasteiger partial charge in [-0.3, -0.25) is 4.68 Å². The van der Waals surface area contributed by atoms with Crippen molar-refractivity contribution < 1.29 is 14.6 Å². The van der Waals surface area contributed by atoms with Gasteiger partial charge in [0, 0.05) is 12.2 Å². The normalized spacial score (nSPS) is 10.6. The predicted molar refractivity (Wildman–Crippen MR) is 77.5 cm³/mol. The molecule has 0 aliphatic carbocycles. The number of rotatable bonds is 6. The van der Waals surface area contributed by atoms with Crippen molar-refractivity contribution in [2.75, 3.05) is 0 Å². The van der Waals surface area contributed by atoms with Gasteiger partial charge >= 0.3 is 5.97 Å². The van der Waals surface area contributed by atoms with Gasteiger partial charge in [0.25, 0.3) is 0 Å². The molecule has 0 aliphatic rings. The molecule has 2 aromatic heterocycles. The minimum absolute atomic E-state index is 0.0618. The quantitative estimate of drug-likeness (QED) is 0.883. The van der Waals surface area contributed by atoms with Gasteiger partial charge in [0.05, 0.1) is 11.4 Å². The second kappa shape index (κ2) is 6.39. The van der Waals surface area contributed by atoms with Crippen LogP contribution in [0.3, 0.4) is 0 Å². The number of hydrogen-bond acceptors (Lipinski definition) is 4. The molecule has 0 atom stereocenters. The van der Waals surface area contributed by atoms with Gasteiger partial charge in [-0.15, -0.1) is 0 Å². The predicted octanol–water partition coefficient (Wildman–Crippen LogP) is 2.45. The number of carboxylic acids is 1. The standard InChI is InChI=1S/C15H19N3O3/c1-4-11-8-12(18(5-2)17-11)9-21-13-7-6-10(3)16-14(13)15(19)20/h6-8H,4-5,9H2,1-3H3,(H,19,20). The number of ether oxygens (including phenoxy) is 1. The van der Waals surface area contributed by atoms with E-state index in [-0.39, 0.29) is 18.1 Å². The maximum Gasteiger partial charge on any atom is 0.358 e. The zero-order chi connectivity index (χ0) is 15.4. The van der Waals surface area contributed by atoms with Crippen molar-refractivity contribution >= 4 is 5.97 Å². The largest absolute Gasteiger partial charge is 0.485 e. The maximum atomic E-state index is 11.2. The van der Waals surface area contributed by atoms with E-state index in [1.807, 2.05) is 24.6 Å². The van der Waals surface area contributed by atoms with Gasteiger partial charge in [-0.05, 0) is 38.5 Å². The van der Waals surface area contributed by atoms with Gasteiger partial charge in [-0.25, -0.2) is 9.78 Å². The van der Waals surface area contributed by atoms with Crippen molar-refractivity contribution in [3.63, 3.8) is 0 Å². The Bertz CT molecular complexity index is 650. The molecule has 2 rings (SSSR count). The third kappa shape index (κ3) is 3.39. The van der Waals surface area contributed by atoms with E-state index >= 15 is 0 Å². The highest BCUT2D eigenvalue weighted by Crippen LogP contribution is 2.19. The fourth-order valence-corrected chi connectivity index (χ4v) is 2.04. The Hall–Kier alpha value is -2.37. The van der Waals surface area contributed by atoms with Gasteiger partial charge < -0.3 is 9.84 Å². The molecule has 0 saturated carbocycles. The first-order valence-electron chi connectivity index (χ1n) is 6.94. The van der Waals surface area contributed by atoms with E-state index in [4.69, 9.17) is 4.74 Å². The smallest absolute Gasteiger partial charge is 0.358 e. The molecule has 0 aromatic carbocycles. The highest BCUT2D eigenvalue weighted by Gasteiger charge is 2.14. The van der Waals surface area contributed by atoms with E-state index < -0.39 is 5.97 Å². The van der Waals surface area contributed by atoms with Crippen LogP contribution in [0.5, 0.6) is 5.75 Å². The first-order chi connectivity index (χ1) is 10.0. The zero-order valence-corrected chi connectivity index (χ0v) is 12.5. The van der Waals surface area contributed by atoms with Crippen LogP contribution < -0.4 is 4.74 Å². The molecule has 6 heteroatoms. The molecule has 21 heavy (non-hydrogen) atoms. The summed E-state index contributed by atoms with van der Waals surface area (Å²) in [5.74, 6) is -0.818. The van der Waals surface area contributed by atoms with Gasteiger partial charge in [0.15, 0.2) is 11.4 Å². The minimum Gasteiger partial charge on any atom is -0.485 e. The fourth-order valence-electron chi connectivity index (χ4n) is 2.04. The summed E-state index contributed by atoms with van der Waals surface area (Å²) in [6.45, 7) is 6.81. The van der Waals surface area contributed by atoms with Crippen molar-refractivity contribution in [1.82, 2.24) is 14.8 Å². The second-order valence-corrected chi connectivity index (χ2v) is 4.69. The van der Waals surface area contributed by atoms with Crippen LogP contribution >= 0.6 is 0 Å². The van der Waals surface area contributed by atoms with Crippen molar-refractivity contribution in [3.05, 3.63) is 41.0 Å². The summed E-state index contributed by atoms with van der Waals surface area (Å²) >= 11 is 0. The Labute approximate surface area is 123 Å². The zero-order valence-electron chi connectivity index (χ0n) is 12.5. The molecule has 6 nitrogen and oxygen atoms in total. The van der Waals surface area contributed by atoms with E-state index in [1.54, 1.807) is 19.1 Å². The molecular weight excluding hydrogens is 270 g/mol. The summed E-state index contributed by atoms with van der Waals surface area (Å²) in [4.78, 5) is 15.2. The number of aromatic carboxylic acids is 1. The fraction of sp³-hybridized carbons (Fsp3) is 0.400. The highest BCUT2D eigenvalue weighted by atomic mass is 16.5. The summed E-state index contributed by atoms with van der Waals surface area (Å²) in [7, 11) is 0. The lowest BCUT2D eigenvalue weighted by molar-refractivity contribution is 0.0684. The van der Waals surface area contributed by atoms with Crippen LogP contribution in [0.2, 0.25) is 0 Å². The van der Waals surface area contributed by atoms with E-state index in [0.29, 0.717) is 5.69 Å². The molecule has 112 valence electrons. The number of aromatic nitrogens is 3. The molecule has 0 aliphatic heterocycles. The van der Waals surface area contributed by atoms with E-state index in [1.165, 1.54) is 0 Å². The Balaban J connectivity index is 2.20. The molecule has 1 N–H and O–H groups in total. The van der Waals surface area contributed by atoms with Crippen LogP contribution in [-0.4, -0.2) is 25.8 Å². The highest BCUT2D eigenvalue weighted by molar-refractivity contribution is 5.88. The molecule has 0 saturated heterocycles. The first kappa shape index (κ1) is 15.0. The molecule has 0 fully saturated rings. The average molecular weight is 289 g/mol. The Kier molecular flexibility index (Phi) is 4.57. The summed E-state index contributed by atoms with van der Waals surface area (Å²) in [5.41, 5.74) is 2.50. The number of nitrogens with zero attached hydrogens (tertiary/aromatic N) is 3. The molecule has 0 bridgehead atoms. The second-order valence-electron chi connectivity index (χ2n) is 4.69. The van der Waals surface area contributed by atoms with Crippen molar-refractivity contribution in [2.24, 2.45) is 0 Å². The molecular formula is C15H19N3O3. The van der Waals surface area contributed by atoms with Crippen LogP contribution in [0.15, 0.2) is 18.2 Å². The van der Waals surface area contributed by atoms with Crippen molar-refractivity contribution in [2.45, 2.75) is 40.3 Å². The third-order valence-corrected chi connectivity index (χ3v) is 3.15. The molecule has 0 unspecified atom stereocenters. The number of aryl methyl sites for hydroxylation is 3. The molecule has 0 spiro atoms. The van der Waals surface area contributed by atoms with E-state index in [0.717, 1.165) is 24.4 Å². The Morgan fingerprint density at radius 2 is 2.14 bits per heavy atom. The summed E-state index contributed by atoms with van der Waals surface area (Å²) in [5, 5.41) is 13.6. The topological polar surface area (TPSA) is 77.2 Å². The third-order valence-electron chi connectivity index (χ3n) is 3.15. The minimum atomic E-state index is -1.09. The number of pyridine rings is 1. The van der Waals surface area contributed by atoms with Crippen LogP contribution in [0.25, 0.3) is 0 Å². The number of carboxylic acid groups (broad SMARTS) is 1. The number of carbonyl (C=O) groups is 1. The maximum absolute atomic E-state index is 11.2. The van der Waals surface area contributed by atoms with Crippen LogP contribution in [-0.2, 0) is 19.6 Å². The lowest BCUT2D eigenvalue weighted by Crippen LogP contribution is -2.09. The van der Waals surface area contributed by atoms with Crippen molar-refractivity contribution in [3.8, 4) is 5.75 Å². The Morgan fingerprint density at radius 1 is 1.38 bits per heavy atom. The van der Waals surface area contributed by atoms with Crippen LogP contribution in [0.1, 0.15) is 41.4 Å². The Morgan fingerprint density at radius 3 is 2.76 bits per heavy atom. The SMILES string of the molecule is CCc1cc(COc2ccc(C)nc2C(=O)O)n(CC)n1. The first-order valence-corrected chi connectivity index (χ1v) is 6.94. The summed E-state index contributed by atoms with van der Waals surface area (Å²) < 4.78 is 7.50. The molecule has 2 heterocycles. The van der Waals surface area contributed by atoms with Crippen LogP contribution in [0.4, 0.5) is 0 Å². The van der Waals surface area contributed by atoms with Crippen LogP contribution in [0, 0.1) is 6.92 Å². The monoisotopic (exact) mass is 289 g/mol.